The van der Waals surface area contributed by atoms with Gasteiger partial charge in [0.25, 0.3) is 0 Å². The van der Waals surface area contributed by atoms with Crippen molar-refractivity contribution in [3.8, 4) is 0 Å². The second-order valence-corrected chi connectivity index (χ2v) is 5.55. The van der Waals surface area contributed by atoms with Crippen LogP contribution in [0, 0.1) is 6.92 Å². The van der Waals surface area contributed by atoms with E-state index in [-0.39, 0.29) is 0 Å². The summed E-state index contributed by atoms with van der Waals surface area (Å²) in [6, 6.07) is 15.8. The molecule has 3 heteroatoms. The van der Waals surface area contributed by atoms with Crippen LogP contribution in [-0.2, 0) is 0 Å². The number of benzene rings is 2. The van der Waals surface area contributed by atoms with E-state index in [0.29, 0.717) is 11.4 Å². The van der Waals surface area contributed by atoms with Gasteiger partial charge < -0.3 is 10.0 Å². The van der Waals surface area contributed by atoms with Crippen molar-refractivity contribution in [1.29, 1.82) is 0 Å². The number of hydrogen-bond acceptors (Lipinski definition) is 2. The Bertz CT molecular complexity index is 553. The SMILES string of the molecule is Cc1ccc(N(C)CCC(O)c2cccc(Cl)c2)cc1. The van der Waals surface area contributed by atoms with Gasteiger partial charge in [0.05, 0.1) is 6.10 Å². The second kappa shape index (κ2) is 6.78. The molecule has 0 spiro atoms. The molecule has 0 radical (unpaired) electrons. The van der Waals surface area contributed by atoms with Crippen molar-refractivity contribution in [3.05, 3.63) is 64.7 Å². The van der Waals surface area contributed by atoms with Crippen LogP contribution in [0.15, 0.2) is 48.5 Å². The van der Waals surface area contributed by atoms with Crippen molar-refractivity contribution in [2.45, 2.75) is 19.4 Å². The highest BCUT2D eigenvalue weighted by Crippen LogP contribution is 2.21. The fraction of sp³-hybridized carbons (Fsp3) is 0.294. The summed E-state index contributed by atoms with van der Waals surface area (Å²) >= 11 is 5.94. The lowest BCUT2D eigenvalue weighted by atomic mass is 10.1. The van der Waals surface area contributed by atoms with E-state index in [1.807, 2.05) is 31.3 Å². The van der Waals surface area contributed by atoms with Crippen LogP contribution in [0.2, 0.25) is 5.02 Å². The summed E-state index contributed by atoms with van der Waals surface area (Å²) in [6.07, 6.45) is 0.187. The highest BCUT2D eigenvalue weighted by Gasteiger charge is 2.09. The van der Waals surface area contributed by atoms with Crippen LogP contribution in [0.25, 0.3) is 0 Å². The lowest BCUT2D eigenvalue weighted by Crippen LogP contribution is -2.20. The Labute approximate surface area is 125 Å². The molecule has 0 amide bonds. The normalized spacial score (nSPS) is 12.2. The van der Waals surface area contributed by atoms with Crippen LogP contribution in [0.1, 0.15) is 23.7 Å². The lowest BCUT2D eigenvalue weighted by molar-refractivity contribution is 0.170. The average Bonchev–Trinajstić information content (AvgIpc) is 2.45. The maximum atomic E-state index is 10.2. The minimum absolute atomic E-state index is 0.485. The minimum atomic E-state index is -0.485. The topological polar surface area (TPSA) is 23.5 Å². The highest BCUT2D eigenvalue weighted by atomic mass is 35.5. The van der Waals surface area contributed by atoms with Gasteiger partial charge in [-0.05, 0) is 43.2 Å². The lowest BCUT2D eigenvalue weighted by Gasteiger charge is -2.21. The van der Waals surface area contributed by atoms with E-state index in [2.05, 4.69) is 36.1 Å². The van der Waals surface area contributed by atoms with Gasteiger partial charge >= 0.3 is 0 Å². The predicted molar refractivity (Wildman–Crippen MR) is 85.5 cm³/mol. The molecule has 0 saturated heterocycles. The quantitative estimate of drug-likeness (QED) is 0.891. The van der Waals surface area contributed by atoms with Gasteiger partial charge in [-0.2, -0.15) is 0 Å². The number of anilines is 1. The number of halogens is 1. The van der Waals surface area contributed by atoms with Crippen molar-refractivity contribution >= 4 is 17.3 Å². The largest absolute Gasteiger partial charge is 0.388 e. The molecule has 0 aliphatic carbocycles. The van der Waals surface area contributed by atoms with Crippen molar-refractivity contribution in [1.82, 2.24) is 0 Å². The number of aliphatic hydroxyl groups is 1. The van der Waals surface area contributed by atoms with Gasteiger partial charge in [0, 0.05) is 24.3 Å². The number of nitrogens with zero attached hydrogens (tertiary/aromatic N) is 1. The molecule has 0 aliphatic heterocycles. The molecule has 2 aromatic carbocycles. The Balaban J connectivity index is 1.93. The third-order valence-electron chi connectivity index (χ3n) is 3.45. The summed E-state index contributed by atoms with van der Waals surface area (Å²) < 4.78 is 0. The van der Waals surface area contributed by atoms with Crippen LogP contribution >= 0.6 is 11.6 Å². The molecule has 106 valence electrons. The van der Waals surface area contributed by atoms with Crippen molar-refractivity contribution < 1.29 is 5.11 Å². The van der Waals surface area contributed by atoms with Gasteiger partial charge in [-0.1, -0.05) is 41.4 Å². The smallest absolute Gasteiger partial charge is 0.0807 e. The zero-order valence-corrected chi connectivity index (χ0v) is 12.6. The first kappa shape index (κ1) is 14.9. The Morgan fingerprint density at radius 3 is 2.50 bits per heavy atom. The molecule has 0 bridgehead atoms. The molecular weight excluding hydrogens is 270 g/mol. The highest BCUT2D eigenvalue weighted by molar-refractivity contribution is 6.30. The molecule has 2 nitrogen and oxygen atoms in total. The van der Waals surface area contributed by atoms with Gasteiger partial charge in [-0.15, -0.1) is 0 Å². The first-order chi connectivity index (χ1) is 9.56. The summed E-state index contributed by atoms with van der Waals surface area (Å²) in [5.74, 6) is 0. The average molecular weight is 290 g/mol. The number of rotatable bonds is 5. The molecule has 0 aromatic heterocycles. The summed E-state index contributed by atoms with van der Waals surface area (Å²) in [6.45, 7) is 2.86. The van der Waals surface area contributed by atoms with Crippen LogP contribution < -0.4 is 4.90 Å². The Morgan fingerprint density at radius 2 is 1.85 bits per heavy atom. The molecule has 2 aromatic rings. The Morgan fingerprint density at radius 1 is 1.15 bits per heavy atom. The van der Waals surface area contributed by atoms with Gasteiger partial charge in [-0.25, -0.2) is 0 Å². The first-order valence-corrected chi connectivity index (χ1v) is 7.15. The molecular formula is C17H20ClNO. The fourth-order valence-electron chi connectivity index (χ4n) is 2.12. The van der Waals surface area contributed by atoms with Crippen LogP contribution in [0.3, 0.4) is 0 Å². The van der Waals surface area contributed by atoms with E-state index in [1.165, 1.54) is 5.56 Å². The monoisotopic (exact) mass is 289 g/mol. The minimum Gasteiger partial charge on any atom is -0.388 e. The van der Waals surface area contributed by atoms with Gasteiger partial charge in [0.2, 0.25) is 0 Å². The van der Waals surface area contributed by atoms with E-state index >= 15 is 0 Å². The van der Waals surface area contributed by atoms with Crippen molar-refractivity contribution in [2.24, 2.45) is 0 Å². The summed E-state index contributed by atoms with van der Waals surface area (Å²) in [7, 11) is 2.04. The van der Waals surface area contributed by atoms with Crippen LogP contribution in [-0.4, -0.2) is 18.7 Å². The zero-order chi connectivity index (χ0) is 14.5. The van der Waals surface area contributed by atoms with E-state index in [9.17, 15) is 5.11 Å². The Hall–Kier alpha value is -1.51. The van der Waals surface area contributed by atoms with Gasteiger partial charge in [0.1, 0.15) is 0 Å². The van der Waals surface area contributed by atoms with Gasteiger partial charge in [0.15, 0.2) is 0 Å². The molecule has 2 rings (SSSR count). The van der Waals surface area contributed by atoms with E-state index in [4.69, 9.17) is 11.6 Å². The van der Waals surface area contributed by atoms with E-state index in [1.54, 1.807) is 0 Å². The summed E-state index contributed by atoms with van der Waals surface area (Å²) in [5.41, 5.74) is 3.28. The summed E-state index contributed by atoms with van der Waals surface area (Å²) in [5, 5.41) is 10.9. The molecule has 0 fully saturated rings. The molecule has 20 heavy (non-hydrogen) atoms. The number of hydrogen-bond donors (Lipinski definition) is 1. The maximum absolute atomic E-state index is 10.2. The summed E-state index contributed by atoms with van der Waals surface area (Å²) in [4.78, 5) is 2.15. The predicted octanol–water partition coefficient (Wildman–Crippen LogP) is 4.21. The van der Waals surface area contributed by atoms with Crippen LogP contribution in [0.5, 0.6) is 0 Å². The van der Waals surface area contributed by atoms with Gasteiger partial charge in [-0.3, -0.25) is 0 Å². The molecule has 0 saturated carbocycles. The molecule has 1 unspecified atom stereocenters. The maximum Gasteiger partial charge on any atom is 0.0807 e. The Kier molecular flexibility index (Phi) is 5.05. The number of aliphatic hydroxyl groups excluding tert-OH is 1. The standard InChI is InChI=1S/C17H20ClNO/c1-13-6-8-16(9-7-13)19(2)11-10-17(20)14-4-3-5-15(18)12-14/h3-9,12,17,20H,10-11H2,1-2H3. The second-order valence-electron chi connectivity index (χ2n) is 5.12. The van der Waals surface area contributed by atoms with Crippen LogP contribution in [0.4, 0.5) is 5.69 Å². The zero-order valence-electron chi connectivity index (χ0n) is 11.9. The first-order valence-electron chi connectivity index (χ1n) is 6.77. The fourth-order valence-corrected chi connectivity index (χ4v) is 2.32. The van der Waals surface area contributed by atoms with Crippen molar-refractivity contribution in [3.63, 3.8) is 0 Å². The van der Waals surface area contributed by atoms with Crippen molar-refractivity contribution in [2.75, 3.05) is 18.5 Å². The molecule has 0 aliphatic rings. The third-order valence-corrected chi connectivity index (χ3v) is 3.68. The van der Waals surface area contributed by atoms with E-state index < -0.39 is 6.10 Å². The molecule has 1 atom stereocenters. The molecule has 1 N–H and O–H groups in total. The molecule has 0 heterocycles. The van der Waals surface area contributed by atoms with E-state index in [0.717, 1.165) is 17.8 Å². The third kappa shape index (κ3) is 3.99. The number of aryl methyl sites for hydroxylation is 1.